The molecule has 2 atom stereocenters. The topological polar surface area (TPSA) is 74.6 Å². The van der Waals surface area contributed by atoms with Gasteiger partial charge in [-0.05, 0) is 93.5 Å². The summed E-state index contributed by atoms with van der Waals surface area (Å²) >= 11 is 0. The molecule has 3 aliphatic heterocycles. The monoisotopic (exact) mass is 563 g/mol. The number of nitrogens with zero attached hydrogens (tertiary/aromatic N) is 5. The fraction of sp³-hybridized carbons (Fsp3) is 0.441. The van der Waals surface area contributed by atoms with Gasteiger partial charge in [-0.15, -0.1) is 6.42 Å². The number of halogens is 1. The summed E-state index contributed by atoms with van der Waals surface area (Å²) < 4.78 is 23.1. The molecule has 0 amide bonds. The van der Waals surface area contributed by atoms with Crippen molar-refractivity contribution in [2.45, 2.75) is 50.5 Å². The largest absolute Gasteiger partial charge is 0.508 e. The standard InChI is InChI=1S/C34H34FN5O2/c1-2-23-6-3-7-24-15-25(41)16-26(28(23)24)30-29(35)31-27(17-36-30)32(39-18-21-8-9-22(14-21)19-39)38-33(37-31)42-20-34-10-4-12-40(34)13-5-11-34/h1,3,6-7,15-17,21-22,41H,4-5,8-14,18-20H2. The smallest absolute Gasteiger partial charge is 0.319 e. The summed E-state index contributed by atoms with van der Waals surface area (Å²) in [6, 6.07) is 8.86. The molecule has 1 saturated carbocycles. The van der Waals surface area contributed by atoms with E-state index >= 15 is 4.39 Å². The number of hydrogen-bond acceptors (Lipinski definition) is 7. The summed E-state index contributed by atoms with van der Waals surface area (Å²) in [4.78, 5) is 19.1. The minimum absolute atomic E-state index is 0.0149. The third-order valence-corrected chi connectivity index (χ3v) is 10.2. The molecule has 1 N–H and O–H groups in total. The molecule has 1 aliphatic carbocycles. The molecule has 3 saturated heterocycles. The molecule has 4 aromatic rings. The minimum Gasteiger partial charge on any atom is -0.508 e. The lowest BCUT2D eigenvalue weighted by molar-refractivity contribution is 0.108. The van der Waals surface area contributed by atoms with Crippen LogP contribution in [0.2, 0.25) is 0 Å². The van der Waals surface area contributed by atoms with E-state index in [-0.39, 0.29) is 28.5 Å². The average Bonchev–Trinajstić information content (AvgIpc) is 3.68. The molecule has 4 aliphatic rings. The zero-order chi connectivity index (χ0) is 28.4. The van der Waals surface area contributed by atoms with Gasteiger partial charge in [0.2, 0.25) is 0 Å². The predicted molar refractivity (Wildman–Crippen MR) is 161 cm³/mol. The van der Waals surface area contributed by atoms with Crippen molar-refractivity contribution in [1.82, 2.24) is 19.9 Å². The molecule has 0 spiro atoms. The summed E-state index contributed by atoms with van der Waals surface area (Å²) in [6.45, 7) is 4.50. The Morgan fingerprint density at radius 3 is 2.64 bits per heavy atom. The SMILES string of the molecule is C#Cc1cccc2cc(O)cc(-c3ncc4c(N5CC6CCC(C6)C5)nc(OCC56CCCN5CCC6)nc4c3F)c12. The van der Waals surface area contributed by atoms with Crippen molar-refractivity contribution >= 4 is 27.5 Å². The maximum atomic E-state index is 16.7. The van der Waals surface area contributed by atoms with Crippen molar-refractivity contribution in [3.63, 3.8) is 0 Å². The van der Waals surface area contributed by atoms with Gasteiger partial charge in [-0.3, -0.25) is 9.88 Å². The third kappa shape index (κ3) is 4.09. The highest BCUT2D eigenvalue weighted by atomic mass is 19.1. The van der Waals surface area contributed by atoms with E-state index in [0.717, 1.165) is 44.4 Å². The van der Waals surface area contributed by atoms with Crippen LogP contribution < -0.4 is 9.64 Å². The fourth-order valence-electron chi connectivity index (χ4n) is 8.28. The molecule has 0 radical (unpaired) electrons. The molecule has 2 bridgehead atoms. The molecule has 8 heteroatoms. The molecule has 7 nitrogen and oxygen atoms in total. The van der Waals surface area contributed by atoms with E-state index in [0.29, 0.717) is 46.2 Å². The van der Waals surface area contributed by atoms with E-state index in [9.17, 15) is 5.11 Å². The Bertz CT molecular complexity index is 1750. The molecule has 2 aromatic heterocycles. The number of pyridine rings is 1. The first kappa shape index (κ1) is 25.7. The Morgan fingerprint density at radius 1 is 1.10 bits per heavy atom. The number of phenolic OH excluding ortho intramolecular Hbond substituents is 1. The molecular weight excluding hydrogens is 529 g/mol. The first-order chi connectivity index (χ1) is 20.5. The first-order valence-corrected chi connectivity index (χ1v) is 15.2. The van der Waals surface area contributed by atoms with Crippen LogP contribution in [0.3, 0.4) is 0 Å². The summed E-state index contributed by atoms with van der Waals surface area (Å²) in [6.07, 6.45) is 15.8. The lowest BCUT2D eigenvalue weighted by Gasteiger charge is -2.34. The van der Waals surface area contributed by atoms with Crippen molar-refractivity contribution in [2.75, 3.05) is 37.7 Å². The Morgan fingerprint density at radius 2 is 1.88 bits per heavy atom. The maximum Gasteiger partial charge on any atom is 0.319 e. The molecule has 4 fully saturated rings. The number of aromatic hydroxyl groups is 1. The number of benzene rings is 2. The second-order valence-corrected chi connectivity index (χ2v) is 12.7. The van der Waals surface area contributed by atoms with Gasteiger partial charge in [0, 0.05) is 35.8 Å². The number of ether oxygens (including phenoxy) is 1. The van der Waals surface area contributed by atoms with Gasteiger partial charge >= 0.3 is 6.01 Å². The van der Waals surface area contributed by atoms with Crippen LogP contribution in [0.1, 0.15) is 50.5 Å². The van der Waals surface area contributed by atoms with Crippen LogP contribution in [-0.2, 0) is 0 Å². The first-order valence-electron chi connectivity index (χ1n) is 15.2. The molecule has 8 rings (SSSR count). The Labute approximate surface area is 244 Å². The highest BCUT2D eigenvalue weighted by Gasteiger charge is 2.45. The van der Waals surface area contributed by atoms with E-state index in [4.69, 9.17) is 21.1 Å². The van der Waals surface area contributed by atoms with Gasteiger partial charge in [0.15, 0.2) is 5.82 Å². The Balaban J connectivity index is 1.27. The number of fused-ring (bicyclic) bond motifs is 5. The maximum absolute atomic E-state index is 16.7. The van der Waals surface area contributed by atoms with E-state index in [2.05, 4.69) is 20.7 Å². The van der Waals surface area contributed by atoms with Gasteiger partial charge in [-0.25, -0.2) is 4.39 Å². The van der Waals surface area contributed by atoms with Crippen LogP contribution in [0.15, 0.2) is 36.5 Å². The molecule has 2 unspecified atom stereocenters. The van der Waals surface area contributed by atoms with Gasteiger partial charge in [0.05, 0.1) is 10.9 Å². The van der Waals surface area contributed by atoms with Crippen molar-refractivity contribution < 1.29 is 14.2 Å². The predicted octanol–water partition coefficient (Wildman–Crippen LogP) is 5.91. The molecule has 214 valence electrons. The lowest BCUT2D eigenvalue weighted by Crippen LogP contribution is -2.43. The third-order valence-electron chi connectivity index (χ3n) is 10.2. The number of rotatable bonds is 5. The fourth-order valence-corrected chi connectivity index (χ4v) is 8.28. The van der Waals surface area contributed by atoms with E-state index in [1.165, 1.54) is 38.2 Å². The minimum atomic E-state index is -0.568. The van der Waals surface area contributed by atoms with E-state index < -0.39 is 5.82 Å². The van der Waals surface area contributed by atoms with Gasteiger partial charge in [0.1, 0.15) is 29.4 Å². The van der Waals surface area contributed by atoms with Crippen LogP contribution in [-0.4, -0.2) is 63.3 Å². The van der Waals surface area contributed by atoms with Gasteiger partial charge in [0.25, 0.3) is 0 Å². The van der Waals surface area contributed by atoms with Crippen LogP contribution in [0.5, 0.6) is 11.8 Å². The van der Waals surface area contributed by atoms with Crippen molar-refractivity contribution in [1.29, 1.82) is 0 Å². The Hall–Kier alpha value is -3.96. The zero-order valence-electron chi connectivity index (χ0n) is 23.7. The number of aromatic nitrogens is 3. The number of phenols is 1. The number of hydrogen-bond donors (Lipinski definition) is 1. The van der Waals surface area contributed by atoms with Crippen molar-refractivity contribution in [3.05, 3.63) is 47.9 Å². The summed E-state index contributed by atoms with van der Waals surface area (Å²) in [5.41, 5.74) is 1.34. The highest BCUT2D eigenvalue weighted by Crippen LogP contribution is 2.43. The van der Waals surface area contributed by atoms with Crippen LogP contribution in [0.4, 0.5) is 10.2 Å². The number of piperidine rings is 1. The van der Waals surface area contributed by atoms with Gasteiger partial charge < -0.3 is 14.7 Å². The lowest BCUT2D eigenvalue weighted by atomic mass is 9.95. The molecular formula is C34H34FN5O2. The second kappa shape index (κ2) is 9.81. The molecule has 2 aromatic carbocycles. The Kier molecular flexibility index (Phi) is 6.01. The van der Waals surface area contributed by atoms with E-state index in [1.54, 1.807) is 12.3 Å². The van der Waals surface area contributed by atoms with Crippen LogP contribution in [0, 0.1) is 30.0 Å². The summed E-state index contributed by atoms with van der Waals surface area (Å²) in [5.74, 6) is 4.10. The van der Waals surface area contributed by atoms with Gasteiger partial charge in [-0.1, -0.05) is 18.1 Å². The van der Waals surface area contributed by atoms with E-state index in [1.807, 2.05) is 18.2 Å². The quantitative estimate of drug-likeness (QED) is 0.303. The van der Waals surface area contributed by atoms with Crippen LogP contribution >= 0.6 is 0 Å². The summed E-state index contributed by atoms with van der Waals surface area (Å²) in [7, 11) is 0. The van der Waals surface area contributed by atoms with Gasteiger partial charge in [-0.2, -0.15) is 9.97 Å². The van der Waals surface area contributed by atoms with Crippen molar-refractivity contribution in [2.24, 2.45) is 11.8 Å². The summed E-state index contributed by atoms with van der Waals surface area (Å²) in [5, 5.41) is 12.5. The normalized spacial score (nSPS) is 23.0. The number of terminal acetylenes is 1. The van der Waals surface area contributed by atoms with Crippen molar-refractivity contribution in [3.8, 4) is 35.4 Å². The molecule has 42 heavy (non-hydrogen) atoms. The number of anilines is 1. The second-order valence-electron chi connectivity index (χ2n) is 12.7. The average molecular weight is 564 g/mol. The zero-order valence-corrected chi connectivity index (χ0v) is 23.7. The van der Waals surface area contributed by atoms with Crippen LogP contribution in [0.25, 0.3) is 32.9 Å². The highest BCUT2D eigenvalue weighted by molar-refractivity contribution is 6.02. The molecule has 5 heterocycles.